The van der Waals surface area contributed by atoms with Crippen LogP contribution in [0.5, 0.6) is 0 Å². The quantitative estimate of drug-likeness (QED) is 0.734. The van der Waals surface area contributed by atoms with Crippen molar-refractivity contribution < 1.29 is 0 Å². The maximum atomic E-state index is 2.43. The minimum absolute atomic E-state index is 0.365. The number of likely N-dealkylation sites (N-methyl/N-ethyl adjacent to an activating group) is 1. The Morgan fingerprint density at radius 2 is 1.81 bits per heavy atom. The van der Waals surface area contributed by atoms with E-state index in [4.69, 9.17) is 0 Å². The van der Waals surface area contributed by atoms with Crippen LogP contribution < -0.4 is 0 Å². The van der Waals surface area contributed by atoms with E-state index in [1.165, 1.54) is 30.6 Å². The summed E-state index contributed by atoms with van der Waals surface area (Å²) in [5.74, 6) is 0.633. The van der Waals surface area contributed by atoms with Crippen molar-refractivity contribution in [1.82, 2.24) is 4.90 Å². The Labute approximate surface area is 99.5 Å². The first-order valence-electron chi connectivity index (χ1n) is 6.30. The second-order valence-electron chi connectivity index (χ2n) is 5.83. The second-order valence-corrected chi connectivity index (χ2v) is 5.83. The zero-order valence-corrected chi connectivity index (χ0v) is 11.0. The average molecular weight is 217 g/mol. The summed E-state index contributed by atoms with van der Waals surface area (Å²) in [6.07, 6.45) is 1.28. The molecule has 0 aromatic heterocycles. The van der Waals surface area contributed by atoms with Gasteiger partial charge in [0.15, 0.2) is 0 Å². The maximum Gasteiger partial charge on any atom is 0.00734 e. The van der Waals surface area contributed by atoms with Gasteiger partial charge in [-0.3, -0.25) is 0 Å². The first-order valence-corrected chi connectivity index (χ1v) is 6.30. The standard InChI is InChI=1S/C15H23N/c1-12(2)13-5-7-14(8-6-13)15(3)9-10-16(4)11-15/h5-8,12H,9-11H2,1-4H3. The molecule has 1 saturated heterocycles. The van der Waals surface area contributed by atoms with Crippen molar-refractivity contribution >= 4 is 0 Å². The summed E-state index contributed by atoms with van der Waals surface area (Å²) in [5, 5.41) is 0. The van der Waals surface area contributed by atoms with Crippen LogP contribution in [-0.4, -0.2) is 25.0 Å². The van der Waals surface area contributed by atoms with Gasteiger partial charge in [0.25, 0.3) is 0 Å². The van der Waals surface area contributed by atoms with Gasteiger partial charge in [0.05, 0.1) is 0 Å². The molecule has 0 aliphatic carbocycles. The predicted molar refractivity (Wildman–Crippen MR) is 70.0 cm³/mol. The molecule has 0 bridgehead atoms. The SMILES string of the molecule is CC(C)c1ccc(C2(C)CCN(C)C2)cc1. The highest BCUT2D eigenvalue weighted by atomic mass is 15.1. The molecule has 1 fully saturated rings. The predicted octanol–water partition coefficient (Wildman–Crippen LogP) is 3.40. The molecule has 88 valence electrons. The summed E-state index contributed by atoms with van der Waals surface area (Å²) in [4.78, 5) is 2.43. The van der Waals surface area contributed by atoms with Crippen molar-refractivity contribution in [3.63, 3.8) is 0 Å². The Morgan fingerprint density at radius 1 is 1.19 bits per heavy atom. The minimum atomic E-state index is 0.365. The van der Waals surface area contributed by atoms with Crippen LogP contribution in [0.3, 0.4) is 0 Å². The molecule has 0 N–H and O–H groups in total. The fourth-order valence-corrected chi connectivity index (χ4v) is 2.70. The number of nitrogens with zero attached hydrogens (tertiary/aromatic N) is 1. The molecule has 1 heterocycles. The van der Waals surface area contributed by atoms with Crippen molar-refractivity contribution in [2.75, 3.05) is 20.1 Å². The molecule has 1 atom stereocenters. The van der Waals surface area contributed by atoms with Gasteiger partial charge >= 0.3 is 0 Å². The first kappa shape index (κ1) is 11.7. The fourth-order valence-electron chi connectivity index (χ4n) is 2.70. The van der Waals surface area contributed by atoms with E-state index in [0.29, 0.717) is 11.3 Å². The Bertz CT molecular complexity index is 352. The zero-order valence-electron chi connectivity index (χ0n) is 11.0. The van der Waals surface area contributed by atoms with Crippen LogP contribution in [-0.2, 0) is 5.41 Å². The first-order chi connectivity index (χ1) is 7.51. The molecule has 0 spiro atoms. The van der Waals surface area contributed by atoms with Gasteiger partial charge in [0.1, 0.15) is 0 Å². The van der Waals surface area contributed by atoms with Crippen molar-refractivity contribution in [2.45, 2.75) is 38.5 Å². The summed E-state index contributed by atoms with van der Waals surface area (Å²) < 4.78 is 0. The largest absolute Gasteiger partial charge is 0.305 e. The highest BCUT2D eigenvalue weighted by Crippen LogP contribution is 2.33. The van der Waals surface area contributed by atoms with Gasteiger partial charge in [-0.25, -0.2) is 0 Å². The Balaban J connectivity index is 2.21. The van der Waals surface area contributed by atoms with Crippen molar-refractivity contribution in [2.24, 2.45) is 0 Å². The molecule has 1 unspecified atom stereocenters. The molecule has 1 heteroatoms. The van der Waals surface area contributed by atoms with Crippen LogP contribution in [0.15, 0.2) is 24.3 Å². The van der Waals surface area contributed by atoms with Crippen LogP contribution in [0, 0.1) is 0 Å². The molecule has 1 aromatic rings. The molecule has 0 amide bonds. The van der Waals surface area contributed by atoms with Crippen LogP contribution in [0.25, 0.3) is 0 Å². The lowest BCUT2D eigenvalue weighted by Crippen LogP contribution is -2.25. The highest BCUT2D eigenvalue weighted by Gasteiger charge is 2.33. The average Bonchev–Trinajstić information content (AvgIpc) is 2.60. The zero-order chi connectivity index (χ0) is 11.8. The molecule has 1 nitrogen and oxygen atoms in total. The summed E-state index contributed by atoms with van der Waals surface area (Å²) >= 11 is 0. The third kappa shape index (κ3) is 2.15. The lowest BCUT2D eigenvalue weighted by molar-refractivity contribution is 0.381. The summed E-state index contributed by atoms with van der Waals surface area (Å²) in [5.41, 5.74) is 3.31. The highest BCUT2D eigenvalue weighted by molar-refractivity contribution is 5.31. The molecule has 0 radical (unpaired) electrons. The molecular weight excluding hydrogens is 194 g/mol. The van der Waals surface area contributed by atoms with Crippen LogP contribution in [0.2, 0.25) is 0 Å². The van der Waals surface area contributed by atoms with E-state index in [-0.39, 0.29) is 0 Å². The molecule has 16 heavy (non-hydrogen) atoms. The number of hydrogen-bond donors (Lipinski definition) is 0. The van der Waals surface area contributed by atoms with Crippen LogP contribution in [0.4, 0.5) is 0 Å². The molecular formula is C15H23N. The molecule has 1 aromatic carbocycles. The Hall–Kier alpha value is -0.820. The summed E-state index contributed by atoms with van der Waals surface area (Å²) in [6, 6.07) is 9.25. The molecule has 1 aliphatic rings. The van der Waals surface area contributed by atoms with E-state index >= 15 is 0 Å². The molecule has 1 aliphatic heterocycles. The van der Waals surface area contributed by atoms with Crippen molar-refractivity contribution in [3.05, 3.63) is 35.4 Å². The fraction of sp³-hybridized carbons (Fsp3) is 0.600. The van der Waals surface area contributed by atoms with Crippen LogP contribution in [0.1, 0.15) is 44.2 Å². The number of hydrogen-bond acceptors (Lipinski definition) is 1. The smallest absolute Gasteiger partial charge is 0.00734 e. The van der Waals surface area contributed by atoms with E-state index in [0.717, 1.165) is 0 Å². The second kappa shape index (κ2) is 4.21. The van der Waals surface area contributed by atoms with Gasteiger partial charge in [-0.05, 0) is 37.1 Å². The Kier molecular flexibility index (Phi) is 3.07. The van der Waals surface area contributed by atoms with E-state index in [1.807, 2.05) is 0 Å². The monoisotopic (exact) mass is 217 g/mol. The number of benzene rings is 1. The topological polar surface area (TPSA) is 3.24 Å². The lowest BCUT2D eigenvalue weighted by Gasteiger charge is -2.24. The van der Waals surface area contributed by atoms with E-state index in [9.17, 15) is 0 Å². The van der Waals surface area contributed by atoms with Crippen LogP contribution >= 0.6 is 0 Å². The van der Waals surface area contributed by atoms with Gasteiger partial charge in [-0.1, -0.05) is 45.0 Å². The van der Waals surface area contributed by atoms with E-state index in [2.05, 4.69) is 57.0 Å². The molecule has 0 saturated carbocycles. The van der Waals surface area contributed by atoms with E-state index < -0.39 is 0 Å². The van der Waals surface area contributed by atoms with Gasteiger partial charge in [0.2, 0.25) is 0 Å². The number of likely N-dealkylation sites (tertiary alicyclic amines) is 1. The number of rotatable bonds is 2. The summed E-state index contributed by atoms with van der Waals surface area (Å²) in [6.45, 7) is 9.30. The third-order valence-corrected chi connectivity index (χ3v) is 3.94. The van der Waals surface area contributed by atoms with E-state index in [1.54, 1.807) is 0 Å². The third-order valence-electron chi connectivity index (χ3n) is 3.94. The normalized spacial score (nSPS) is 26.6. The van der Waals surface area contributed by atoms with Gasteiger partial charge in [-0.2, -0.15) is 0 Å². The van der Waals surface area contributed by atoms with Gasteiger partial charge < -0.3 is 4.90 Å². The summed E-state index contributed by atoms with van der Waals surface area (Å²) in [7, 11) is 2.22. The van der Waals surface area contributed by atoms with Gasteiger partial charge in [0, 0.05) is 12.0 Å². The minimum Gasteiger partial charge on any atom is -0.305 e. The Morgan fingerprint density at radius 3 is 2.25 bits per heavy atom. The maximum absolute atomic E-state index is 2.43. The van der Waals surface area contributed by atoms with Crippen molar-refractivity contribution in [3.8, 4) is 0 Å². The molecule has 2 rings (SSSR count). The lowest BCUT2D eigenvalue weighted by atomic mass is 9.81. The van der Waals surface area contributed by atoms with Crippen molar-refractivity contribution in [1.29, 1.82) is 0 Å². The van der Waals surface area contributed by atoms with Gasteiger partial charge in [-0.15, -0.1) is 0 Å².